The molecular formula is C13H27N3O2. The molecule has 18 heavy (non-hydrogen) atoms. The summed E-state index contributed by atoms with van der Waals surface area (Å²) in [6.07, 6.45) is 0.810. The van der Waals surface area contributed by atoms with Crippen LogP contribution in [0.3, 0.4) is 0 Å². The van der Waals surface area contributed by atoms with Gasteiger partial charge in [-0.25, -0.2) is 4.79 Å². The summed E-state index contributed by atoms with van der Waals surface area (Å²) < 4.78 is 5.39. The SMILES string of the molecule is C[C@@H]1CN(C(=O)OC(C)(C)C)CCN1CCCN. The lowest BCUT2D eigenvalue weighted by Crippen LogP contribution is -2.54. The van der Waals surface area contributed by atoms with E-state index in [0.29, 0.717) is 6.04 Å². The molecule has 0 spiro atoms. The van der Waals surface area contributed by atoms with Crippen LogP contribution >= 0.6 is 0 Å². The molecule has 0 aromatic rings. The summed E-state index contributed by atoms with van der Waals surface area (Å²) >= 11 is 0. The minimum Gasteiger partial charge on any atom is -0.444 e. The molecule has 0 aliphatic carbocycles. The molecule has 5 nitrogen and oxygen atoms in total. The first-order chi connectivity index (χ1) is 8.33. The molecule has 1 amide bonds. The van der Waals surface area contributed by atoms with Crippen molar-refractivity contribution in [2.75, 3.05) is 32.7 Å². The third kappa shape index (κ3) is 4.82. The molecule has 1 saturated heterocycles. The predicted octanol–water partition coefficient (Wildman–Crippen LogP) is 1.28. The van der Waals surface area contributed by atoms with E-state index in [2.05, 4.69) is 11.8 Å². The largest absolute Gasteiger partial charge is 0.444 e. The number of hydrogen-bond acceptors (Lipinski definition) is 4. The smallest absolute Gasteiger partial charge is 0.410 e. The Morgan fingerprint density at radius 1 is 1.39 bits per heavy atom. The van der Waals surface area contributed by atoms with Crippen molar-refractivity contribution in [3.05, 3.63) is 0 Å². The van der Waals surface area contributed by atoms with Gasteiger partial charge in [-0.2, -0.15) is 0 Å². The molecule has 1 atom stereocenters. The summed E-state index contributed by atoms with van der Waals surface area (Å²) in [7, 11) is 0. The van der Waals surface area contributed by atoms with Crippen LogP contribution in [0.25, 0.3) is 0 Å². The Bertz CT molecular complexity index is 276. The van der Waals surface area contributed by atoms with E-state index in [4.69, 9.17) is 10.5 Å². The number of piperazine rings is 1. The Labute approximate surface area is 110 Å². The van der Waals surface area contributed by atoms with E-state index in [1.165, 1.54) is 0 Å². The molecule has 0 unspecified atom stereocenters. The zero-order chi connectivity index (χ0) is 13.8. The summed E-state index contributed by atoms with van der Waals surface area (Å²) in [5.41, 5.74) is 5.11. The zero-order valence-corrected chi connectivity index (χ0v) is 12.1. The second-order valence-electron chi connectivity index (χ2n) is 5.95. The number of nitrogens with two attached hydrogens (primary N) is 1. The molecule has 0 saturated carbocycles. The monoisotopic (exact) mass is 257 g/mol. The summed E-state index contributed by atoms with van der Waals surface area (Å²) in [5.74, 6) is 0. The number of nitrogens with zero attached hydrogens (tertiary/aromatic N) is 2. The highest BCUT2D eigenvalue weighted by Gasteiger charge is 2.29. The molecule has 1 aliphatic heterocycles. The van der Waals surface area contributed by atoms with Crippen molar-refractivity contribution in [2.45, 2.75) is 45.8 Å². The van der Waals surface area contributed by atoms with Gasteiger partial charge in [-0.1, -0.05) is 0 Å². The Morgan fingerprint density at radius 3 is 2.56 bits per heavy atom. The van der Waals surface area contributed by atoms with Crippen LogP contribution in [-0.4, -0.2) is 60.3 Å². The lowest BCUT2D eigenvalue weighted by molar-refractivity contribution is 0.00577. The number of hydrogen-bond donors (Lipinski definition) is 1. The van der Waals surface area contributed by atoms with Crippen molar-refractivity contribution in [1.82, 2.24) is 9.80 Å². The average molecular weight is 257 g/mol. The molecule has 1 heterocycles. The van der Waals surface area contributed by atoms with Crippen molar-refractivity contribution >= 4 is 6.09 Å². The third-order valence-electron chi connectivity index (χ3n) is 3.07. The second kappa shape index (κ2) is 6.38. The van der Waals surface area contributed by atoms with E-state index in [9.17, 15) is 4.79 Å². The molecule has 0 aromatic carbocycles. The van der Waals surface area contributed by atoms with Gasteiger partial charge >= 0.3 is 6.09 Å². The predicted molar refractivity (Wildman–Crippen MR) is 72.5 cm³/mol. The zero-order valence-electron chi connectivity index (χ0n) is 12.1. The van der Waals surface area contributed by atoms with Crippen LogP contribution in [0, 0.1) is 0 Å². The highest BCUT2D eigenvalue weighted by molar-refractivity contribution is 5.68. The summed E-state index contributed by atoms with van der Waals surface area (Å²) in [4.78, 5) is 16.1. The number of carbonyl (C=O) groups excluding carboxylic acids is 1. The second-order valence-corrected chi connectivity index (χ2v) is 5.95. The first kappa shape index (κ1) is 15.2. The van der Waals surface area contributed by atoms with Crippen LogP contribution in [0.2, 0.25) is 0 Å². The van der Waals surface area contributed by atoms with Gasteiger partial charge in [-0.3, -0.25) is 4.90 Å². The molecule has 2 N–H and O–H groups in total. The number of carbonyl (C=O) groups is 1. The van der Waals surface area contributed by atoms with Crippen molar-refractivity contribution < 1.29 is 9.53 Å². The fourth-order valence-electron chi connectivity index (χ4n) is 2.11. The van der Waals surface area contributed by atoms with Gasteiger partial charge in [-0.15, -0.1) is 0 Å². The fourth-order valence-corrected chi connectivity index (χ4v) is 2.11. The van der Waals surface area contributed by atoms with Gasteiger partial charge in [0, 0.05) is 25.7 Å². The van der Waals surface area contributed by atoms with Crippen LogP contribution in [0.5, 0.6) is 0 Å². The van der Waals surface area contributed by atoms with Crippen LogP contribution < -0.4 is 5.73 Å². The Hall–Kier alpha value is -0.810. The van der Waals surface area contributed by atoms with Crippen molar-refractivity contribution in [2.24, 2.45) is 5.73 Å². The summed E-state index contributed by atoms with van der Waals surface area (Å²) in [5, 5.41) is 0. The van der Waals surface area contributed by atoms with Crippen molar-refractivity contribution in [3.8, 4) is 0 Å². The highest BCUT2D eigenvalue weighted by Crippen LogP contribution is 2.14. The van der Waals surface area contributed by atoms with E-state index in [1.807, 2.05) is 20.8 Å². The summed E-state index contributed by atoms with van der Waals surface area (Å²) in [6, 6.07) is 0.373. The van der Waals surface area contributed by atoms with Crippen LogP contribution in [-0.2, 0) is 4.74 Å². The molecule has 1 rings (SSSR count). The van der Waals surface area contributed by atoms with Gasteiger partial charge in [-0.05, 0) is 47.2 Å². The van der Waals surface area contributed by atoms with Crippen LogP contribution in [0.1, 0.15) is 34.1 Å². The topological polar surface area (TPSA) is 58.8 Å². The third-order valence-corrected chi connectivity index (χ3v) is 3.07. The average Bonchev–Trinajstić information content (AvgIpc) is 2.25. The lowest BCUT2D eigenvalue weighted by Gasteiger charge is -2.40. The quantitative estimate of drug-likeness (QED) is 0.827. The number of ether oxygens (including phenoxy) is 1. The first-order valence-corrected chi connectivity index (χ1v) is 6.75. The molecule has 0 radical (unpaired) electrons. The standard InChI is InChI=1S/C13H27N3O2/c1-11-10-16(12(17)18-13(2,3)4)9-8-15(11)7-5-6-14/h11H,5-10,14H2,1-4H3/t11-/m1/s1. The Balaban J connectivity index is 2.43. The van der Waals surface area contributed by atoms with Gasteiger partial charge in [0.1, 0.15) is 5.60 Å². The maximum absolute atomic E-state index is 11.9. The summed E-state index contributed by atoms with van der Waals surface area (Å²) in [6.45, 7) is 11.9. The maximum Gasteiger partial charge on any atom is 0.410 e. The molecule has 0 aromatic heterocycles. The van der Waals surface area contributed by atoms with E-state index < -0.39 is 5.60 Å². The minimum absolute atomic E-state index is 0.201. The maximum atomic E-state index is 11.9. The van der Waals surface area contributed by atoms with Gasteiger partial charge in [0.15, 0.2) is 0 Å². The molecule has 106 valence electrons. The molecule has 1 aliphatic rings. The van der Waals surface area contributed by atoms with E-state index in [-0.39, 0.29) is 6.09 Å². The van der Waals surface area contributed by atoms with Gasteiger partial charge < -0.3 is 15.4 Å². The normalized spacial score (nSPS) is 22.1. The van der Waals surface area contributed by atoms with Crippen LogP contribution in [0.15, 0.2) is 0 Å². The molecular weight excluding hydrogens is 230 g/mol. The fraction of sp³-hybridized carbons (Fsp3) is 0.923. The first-order valence-electron chi connectivity index (χ1n) is 6.75. The molecule has 0 bridgehead atoms. The van der Waals surface area contributed by atoms with Crippen molar-refractivity contribution in [1.29, 1.82) is 0 Å². The molecule has 1 fully saturated rings. The van der Waals surface area contributed by atoms with E-state index in [0.717, 1.165) is 39.1 Å². The van der Waals surface area contributed by atoms with Gasteiger partial charge in [0.05, 0.1) is 0 Å². The lowest BCUT2D eigenvalue weighted by atomic mass is 10.2. The Kier molecular flexibility index (Phi) is 5.41. The van der Waals surface area contributed by atoms with E-state index in [1.54, 1.807) is 4.90 Å². The van der Waals surface area contributed by atoms with Gasteiger partial charge in [0.2, 0.25) is 0 Å². The number of rotatable bonds is 3. The highest BCUT2D eigenvalue weighted by atomic mass is 16.6. The Morgan fingerprint density at radius 2 is 2.06 bits per heavy atom. The van der Waals surface area contributed by atoms with E-state index >= 15 is 0 Å². The van der Waals surface area contributed by atoms with Crippen LogP contribution in [0.4, 0.5) is 4.79 Å². The minimum atomic E-state index is -0.420. The molecule has 5 heteroatoms. The van der Waals surface area contributed by atoms with Gasteiger partial charge in [0.25, 0.3) is 0 Å². The number of amides is 1. The van der Waals surface area contributed by atoms with Crippen molar-refractivity contribution in [3.63, 3.8) is 0 Å².